The fourth-order valence-electron chi connectivity index (χ4n) is 2.19. The molecule has 0 aliphatic carbocycles. The minimum Gasteiger partial charge on any atom is -0.493 e. The number of hydrogen-bond donors (Lipinski definition) is 0. The molecule has 0 aliphatic rings. The van der Waals surface area contributed by atoms with Crippen LogP contribution in [0.2, 0.25) is 0 Å². The molecule has 0 aliphatic heterocycles. The van der Waals surface area contributed by atoms with Crippen LogP contribution in [0.5, 0.6) is 11.5 Å². The fourth-order valence-corrected chi connectivity index (χ4v) is 2.19. The van der Waals surface area contributed by atoms with E-state index < -0.39 is 0 Å². The zero-order chi connectivity index (χ0) is 15.8. The quantitative estimate of drug-likeness (QED) is 0.733. The van der Waals surface area contributed by atoms with Gasteiger partial charge in [0.05, 0.1) is 7.11 Å². The van der Waals surface area contributed by atoms with Crippen molar-refractivity contribution in [3.05, 3.63) is 59.7 Å². The van der Waals surface area contributed by atoms with Gasteiger partial charge in [-0.1, -0.05) is 43.3 Å². The number of ketones is 1. The highest BCUT2D eigenvalue weighted by Gasteiger charge is 2.07. The van der Waals surface area contributed by atoms with E-state index in [1.165, 1.54) is 0 Å². The molecular weight excluding hydrogens is 276 g/mol. The molecule has 0 atom stereocenters. The van der Waals surface area contributed by atoms with Gasteiger partial charge in [-0.15, -0.1) is 0 Å². The Kier molecular flexibility index (Phi) is 6.01. The molecule has 2 aromatic carbocycles. The van der Waals surface area contributed by atoms with E-state index in [-0.39, 0.29) is 5.78 Å². The Morgan fingerprint density at radius 3 is 2.45 bits per heavy atom. The van der Waals surface area contributed by atoms with Gasteiger partial charge in [0.15, 0.2) is 11.5 Å². The summed E-state index contributed by atoms with van der Waals surface area (Å²) < 4.78 is 11.2. The summed E-state index contributed by atoms with van der Waals surface area (Å²) in [6.07, 6.45) is 1.90. The second-order valence-corrected chi connectivity index (χ2v) is 5.15. The predicted octanol–water partition coefficient (Wildman–Crippen LogP) is 4.19. The zero-order valence-corrected chi connectivity index (χ0v) is 13.2. The van der Waals surface area contributed by atoms with Crippen LogP contribution in [0.4, 0.5) is 0 Å². The minimum absolute atomic E-state index is 0.280. The Balaban J connectivity index is 2.05. The highest BCUT2D eigenvalue weighted by atomic mass is 16.5. The number of rotatable bonds is 8. The number of hydrogen-bond acceptors (Lipinski definition) is 3. The molecule has 3 nitrogen and oxygen atoms in total. The average molecular weight is 298 g/mol. The van der Waals surface area contributed by atoms with Crippen LogP contribution in [-0.4, -0.2) is 12.9 Å². The number of Topliss-reactive ketones (excluding diaryl/α,β-unsaturated/α-hetero) is 1. The highest BCUT2D eigenvalue weighted by molar-refractivity contribution is 5.78. The molecule has 22 heavy (non-hydrogen) atoms. The van der Waals surface area contributed by atoms with E-state index in [4.69, 9.17) is 9.47 Å². The van der Waals surface area contributed by atoms with E-state index in [1.54, 1.807) is 7.11 Å². The van der Waals surface area contributed by atoms with E-state index in [9.17, 15) is 4.79 Å². The summed E-state index contributed by atoms with van der Waals surface area (Å²) in [5.74, 6) is 1.71. The van der Waals surface area contributed by atoms with Crippen LogP contribution in [-0.2, 0) is 17.8 Å². The molecule has 0 radical (unpaired) electrons. The zero-order valence-electron chi connectivity index (χ0n) is 13.2. The molecule has 2 aromatic rings. The van der Waals surface area contributed by atoms with Gasteiger partial charge in [-0.2, -0.15) is 0 Å². The van der Waals surface area contributed by atoms with Gasteiger partial charge in [0.1, 0.15) is 12.4 Å². The van der Waals surface area contributed by atoms with Crippen LogP contribution >= 0.6 is 0 Å². The summed E-state index contributed by atoms with van der Waals surface area (Å²) in [5, 5.41) is 0. The Morgan fingerprint density at radius 1 is 1.00 bits per heavy atom. The summed E-state index contributed by atoms with van der Waals surface area (Å²) in [4.78, 5) is 11.4. The molecule has 0 spiro atoms. The van der Waals surface area contributed by atoms with Crippen LogP contribution < -0.4 is 9.47 Å². The van der Waals surface area contributed by atoms with E-state index in [2.05, 4.69) is 0 Å². The summed E-state index contributed by atoms with van der Waals surface area (Å²) in [6, 6.07) is 15.8. The maximum Gasteiger partial charge on any atom is 0.161 e. The maximum atomic E-state index is 11.4. The average Bonchev–Trinajstić information content (AvgIpc) is 2.58. The summed E-state index contributed by atoms with van der Waals surface area (Å²) in [7, 11) is 1.63. The Bertz CT molecular complexity index is 605. The Morgan fingerprint density at radius 2 is 1.77 bits per heavy atom. The summed E-state index contributed by atoms with van der Waals surface area (Å²) in [5.41, 5.74) is 2.20. The number of methoxy groups -OCH3 is 1. The van der Waals surface area contributed by atoms with Gasteiger partial charge in [-0.25, -0.2) is 0 Å². The predicted molar refractivity (Wildman–Crippen MR) is 87.4 cm³/mol. The summed E-state index contributed by atoms with van der Waals surface area (Å²) in [6.45, 7) is 2.39. The van der Waals surface area contributed by atoms with Gasteiger partial charge in [-0.05, 0) is 29.7 Å². The van der Waals surface area contributed by atoms with Crippen molar-refractivity contribution >= 4 is 5.78 Å². The topological polar surface area (TPSA) is 35.5 Å². The third kappa shape index (κ3) is 4.62. The lowest BCUT2D eigenvalue weighted by Gasteiger charge is -2.12. The monoisotopic (exact) mass is 298 g/mol. The molecule has 0 aromatic heterocycles. The van der Waals surface area contributed by atoms with Crippen molar-refractivity contribution in [2.24, 2.45) is 0 Å². The standard InChI is InChI=1S/C19H22O3/c1-3-17(20)11-9-15-10-12-18(21-2)19(13-15)22-14-16-7-5-4-6-8-16/h4-8,10,12-13H,3,9,11,14H2,1-2H3. The van der Waals surface area contributed by atoms with E-state index in [1.807, 2.05) is 55.5 Å². The largest absolute Gasteiger partial charge is 0.493 e. The smallest absolute Gasteiger partial charge is 0.161 e. The summed E-state index contributed by atoms with van der Waals surface area (Å²) >= 11 is 0. The number of ether oxygens (including phenoxy) is 2. The molecule has 116 valence electrons. The molecule has 0 saturated heterocycles. The SMILES string of the molecule is CCC(=O)CCc1ccc(OC)c(OCc2ccccc2)c1. The van der Waals surface area contributed by atoms with Crippen molar-refractivity contribution in [2.45, 2.75) is 32.8 Å². The van der Waals surface area contributed by atoms with Gasteiger partial charge in [0.25, 0.3) is 0 Å². The second kappa shape index (κ2) is 8.23. The molecule has 0 fully saturated rings. The third-order valence-electron chi connectivity index (χ3n) is 3.55. The van der Waals surface area contributed by atoms with Crippen LogP contribution in [0.15, 0.2) is 48.5 Å². The molecule has 0 heterocycles. The fraction of sp³-hybridized carbons (Fsp3) is 0.316. The molecule has 0 bridgehead atoms. The van der Waals surface area contributed by atoms with Crippen molar-refractivity contribution in [2.75, 3.05) is 7.11 Å². The first-order valence-electron chi connectivity index (χ1n) is 7.58. The van der Waals surface area contributed by atoms with Crippen molar-refractivity contribution < 1.29 is 14.3 Å². The van der Waals surface area contributed by atoms with Gasteiger partial charge in [0.2, 0.25) is 0 Å². The Labute approximate surface area is 131 Å². The first-order chi connectivity index (χ1) is 10.7. The van der Waals surface area contributed by atoms with Crippen LogP contribution in [0.1, 0.15) is 30.9 Å². The number of aryl methyl sites for hydroxylation is 1. The van der Waals surface area contributed by atoms with Crippen LogP contribution in [0.25, 0.3) is 0 Å². The number of carbonyl (C=O) groups is 1. The Hall–Kier alpha value is -2.29. The molecule has 0 N–H and O–H groups in total. The number of benzene rings is 2. The first-order valence-corrected chi connectivity index (χ1v) is 7.58. The molecule has 3 heteroatoms. The number of carbonyl (C=O) groups excluding carboxylic acids is 1. The van der Waals surface area contributed by atoms with Gasteiger partial charge in [-0.3, -0.25) is 4.79 Å². The third-order valence-corrected chi connectivity index (χ3v) is 3.55. The van der Waals surface area contributed by atoms with Gasteiger partial charge < -0.3 is 9.47 Å². The van der Waals surface area contributed by atoms with E-state index in [0.717, 1.165) is 17.5 Å². The van der Waals surface area contributed by atoms with Crippen molar-refractivity contribution in [1.29, 1.82) is 0 Å². The first kappa shape index (κ1) is 16.1. The van der Waals surface area contributed by atoms with Gasteiger partial charge >= 0.3 is 0 Å². The molecule has 0 saturated carbocycles. The second-order valence-electron chi connectivity index (χ2n) is 5.15. The normalized spacial score (nSPS) is 10.3. The van der Waals surface area contributed by atoms with Gasteiger partial charge in [0, 0.05) is 12.8 Å². The van der Waals surface area contributed by atoms with Crippen molar-refractivity contribution in [3.63, 3.8) is 0 Å². The maximum absolute atomic E-state index is 11.4. The molecule has 0 amide bonds. The van der Waals surface area contributed by atoms with Crippen molar-refractivity contribution in [3.8, 4) is 11.5 Å². The lowest BCUT2D eigenvalue weighted by molar-refractivity contribution is -0.118. The minimum atomic E-state index is 0.280. The highest BCUT2D eigenvalue weighted by Crippen LogP contribution is 2.29. The lowest BCUT2D eigenvalue weighted by Crippen LogP contribution is -2.00. The molecular formula is C19H22O3. The van der Waals surface area contributed by atoms with E-state index >= 15 is 0 Å². The molecule has 0 unspecified atom stereocenters. The van der Waals surface area contributed by atoms with Crippen molar-refractivity contribution in [1.82, 2.24) is 0 Å². The van der Waals surface area contributed by atoms with Crippen LogP contribution in [0.3, 0.4) is 0 Å². The lowest BCUT2D eigenvalue weighted by atomic mass is 10.1. The van der Waals surface area contributed by atoms with Crippen LogP contribution in [0, 0.1) is 0 Å². The van der Waals surface area contributed by atoms with E-state index in [0.29, 0.717) is 30.9 Å². The molecule has 2 rings (SSSR count).